The lowest BCUT2D eigenvalue weighted by molar-refractivity contribution is 0.100. The van der Waals surface area contributed by atoms with Crippen molar-refractivity contribution in [3.63, 3.8) is 0 Å². The topological polar surface area (TPSA) is 107 Å². The van der Waals surface area contributed by atoms with E-state index in [2.05, 4.69) is 43.0 Å². The quantitative estimate of drug-likeness (QED) is 0.733. The van der Waals surface area contributed by atoms with Crippen LogP contribution in [0.25, 0.3) is 0 Å². The largest absolute Gasteiger partial charge is 0.368 e. The minimum Gasteiger partial charge on any atom is -0.368 e. The molecule has 1 rings (SSSR count). The second kappa shape index (κ2) is 5.20. The number of nitrogens with one attached hydrogen (secondary N) is 1. The van der Waals surface area contributed by atoms with Gasteiger partial charge in [-0.05, 0) is 19.3 Å². The van der Waals surface area contributed by atoms with Crippen molar-refractivity contribution in [2.45, 2.75) is 39.7 Å². The van der Waals surface area contributed by atoms with Crippen LogP contribution >= 0.6 is 0 Å². The minimum atomic E-state index is -0.570. The summed E-state index contributed by atoms with van der Waals surface area (Å²) >= 11 is 0. The van der Waals surface area contributed by atoms with E-state index in [0.29, 0.717) is 11.7 Å². The molecular formula is C12H21N5O. The Balaban J connectivity index is 3.16. The van der Waals surface area contributed by atoms with E-state index in [1.807, 2.05) is 0 Å². The van der Waals surface area contributed by atoms with Gasteiger partial charge in [0.1, 0.15) is 5.82 Å². The van der Waals surface area contributed by atoms with Gasteiger partial charge in [-0.15, -0.1) is 0 Å². The van der Waals surface area contributed by atoms with E-state index in [-0.39, 0.29) is 17.1 Å². The van der Waals surface area contributed by atoms with E-state index in [4.69, 9.17) is 11.5 Å². The summed E-state index contributed by atoms with van der Waals surface area (Å²) in [4.78, 5) is 19.2. The van der Waals surface area contributed by atoms with Crippen molar-refractivity contribution in [3.8, 4) is 0 Å². The summed E-state index contributed by atoms with van der Waals surface area (Å²) in [6.45, 7) is 8.35. The molecule has 6 nitrogen and oxygen atoms in total. The van der Waals surface area contributed by atoms with Crippen LogP contribution in [0, 0.1) is 5.92 Å². The molecule has 1 aromatic rings. The molecule has 1 amide bonds. The fraction of sp³-hybridized carbons (Fsp3) is 0.583. The summed E-state index contributed by atoms with van der Waals surface area (Å²) in [5.41, 5.74) is 10.9. The van der Waals surface area contributed by atoms with Crippen LogP contribution in [-0.4, -0.2) is 21.4 Å². The Morgan fingerprint density at radius 1 is 1.56 bits per heavy atom. The van der Waals surface area contributed by atoms with Gasteiger partial charge >= 0.3 is 0 Å². The van der Waals surface area contributed by atoms with E-state index < -0.39 is 5.91 Å². The predicted molar refractivity (Wildman–Crippen MR) is 72.1 cm³/mol. The highest BCUT2D eigenvalue weighted by Gasteiger charge is 2.28. The number of primary amides is 1. The first-order valence-electron chi connectivity index (χ1n) is 6.00. The normalized spacial score (nSPS) is 14.3. The molecule has 1 aromatic heterocycles. The van der Waals surface area contributed by atoms with Crippen LogP contribution < -0.4 is 16.8 Å². The highest BCUT2D eigenvalue weighted by atomic mass is 16.1. The van der Waals surface area contributed by atoms with Gasteiger partial charge in [0.2, 0.25) is 5.95 Å². The maximum Gasteiger partial charge on any atom is 0.254 e. The Kier molecular flexibility index (Phi) is 4.11. The molecule has 1 atom stereocenters. The van der Waals surface area contributed by atoms with Gasteiger partial charge in [-0.2, -0.15) is 4.98 Å². The van der Waals surface area contributed by atoms with Crippen molar-refractivity contribution in [2.24, 2.45) is 11.7 Å². The lowest BCUT2D eigenvalue weighted by Crippen LogP contribution is -2.40. The lowest BCUT2D eigenvalue weighted by atomic mass is 9.86. The van der Waals surface area contributed by atoms with E-state index in [0.717, 1.165) is 6.42 Å². The molecule has 18 heavy (non-hydrogen) atoms. The van der Waals surface area contributed by atoms with Crippen LogP contribution in [0.1, 0.15) is 44.5 Å². The maximum atomic E-state index is 11.3. The highest BCUT2D eigenvalue weighted by Crippen LogP contribution is 2.26. The molecule has 5 N–H and O–H groups in total. The number of amides is 1. The summed E-state index contributed by atoms with van der Waals surface area (Å²) in [6, 6.07) is 0. The lowest BCUT2D eigenvalue weighted by Gasteiger charge is -2.34. The van der Waals surface area contributed by atoms with Crippen LogP contribution in [0.2, 0.25) is 0 Å². The third kappa shape index (κ3) is 2.88. The first-order chi connectivity index (χ1) is 8.30. The molecule has 0 aliphatic rings. The molecule has 0 saturated heterocycles. The van der Waals surface area contributed by atoms with Gasteiger partial charge in [-0.3, -0.25) is 4.79 Å². The molecule has 0 aliphatic heterocycles. The van der Waals surface area contributed by atoms with Crippen LogP contribution in [0.4, 0.5) is 11.8 Å². The summed E-state index contributed by atoms with van der Waals surface area (Å²) in [6.07, 6.45) is 2.23. The number of nitrogen functional groups attached to an aromatic ring is 1. The van der Waals surface area contributed by atoms with Crippen molar-refractivity contribution in [3.05, 3.63) is 11.8 Å². The highest BCUT2D eigenvalue weighted by molar-refractivity contribution is 5.97. The number of rotatable bonds is 5. The van der Waals surface area contributed by atoms with Gasteiger partial charge in [0.05, 0.1) is 5.56 Å². The Morgan fingerprint density at radius 2 is 2.17 bits per heavy atom. The van der Waals surface area contributed by atoms with Crippen molar-refractivity contribution in [1.82, 2.24) is 9.97 Å². The zero-order valence-electron chi connectivity index (χ0n) is 11.3. The van der Waals surface area contributed by atoms with Crippen molar-refractivity contribution >= 4 is 17.7 Å². The van der Waals surface area contributed by atoms with Crippen LogP contribution in [0.15, 0.2) is 6.20 Å². The standard InChI is InChI=1S/C12H21N5O/c1-5-12(4,7(2)3)17-10-8(9(13)18)6-15-11(14)16-10/h6-7H,5H2,1-4H3,(H2,13,18)(H3,14,15,16,17)/t12-/m0/s1. The average molecular weight is 251 g/mol. The number of hydrogen-bond donors (Lipinski definition) is 3. The Bertz CT molecular complexity index is 446. The number of hydrogen-bond acceptors (Lipinski definition) is 5. The van der Waals surface area contributed by atoms with Gasteiger partial charge in [0.15, 0.2) is 0 Å². The van der Waals surface area contributed by atoms with Gasteiger partial charge in [-0.1, -0.05) is 20.8 Å². The molecule has 0 aromatic carbocycles. The molecular weight excluding hydrogens is 230 g/mol. The Morgan fingerprint density at radius 3 is 2.61 bits per heavy atom. The first kappa shape index (κ1) is 14.2. The fourth-order valence-electron chi connectivity index (χ4n) is 1.58. The molecule has 6 heteroatoms. The number of aromatic nitrogens is 2. The summed E-state index contributed by atoms with van der Waals surface area (Å²) in [7, 11) is 0. The van der Waals surface area contributed by atoms with Gasteiger partial charge < -0.3 is 16.8 Å². The summed E-state index contributed by atoms with van der Waals surface area (Å²) in [5, 5.41) is 3.26. The third-order valence-corrected chi connectivity index (χ3v) is 3.49. The van der Waals surface area contributed by atoms with Crippen molar-refractivity contribution in [1.29, 1.82) is 0 Å². The third-order valence-electron chi connectivity index (χ3n) is 3.49. The molecule has 100 valence electrons. The Labute approximate surface area is 107 Å². The number of nitrogens with two attached hydrogens (primary N) is 2. The molecule has 0 spiro atoms. The molecule has 0 saturated carbocycles. The first-order valence-corrected chi connectivity index (χ1v) is 6.00. The van der Waals surface area contributed by atoms with Gasteiger partial charge in [0, 0.05) is 11.7 Å². The Hall–Kier alpha value is -1.85. The van der Waals surface area contributed by atoms with Gasteiger partial charge in [-0.25, -0.2) is 4.98 Å². The molecule has 0 aliphatic carbocycles. The zero-order valence-corrected chi connectivity index (χ0v) is 11.3. The SMILES string of the molecule is CC[C@](C)(Nc1nc(N)ncc1C(N)=O)C(C)C. The minimum absolute atomic E-state index is 0.115. The zero-order chi connectivity index (χ0) is 13.9. The molecule has 0 unspecified atom stereocenters. The van der Waals surface area contributed by atoms with Crippen LogP contribution in [-0.2, 0) is 0 Å². The molecule has 0 radical (unpaired) electrons. The maximum absolute atomic E-state index is 11.3. The van der Waals surface area contributed by atoms with Crippen LogP contribution in [0.3, 0.4) is 0 Å². The predicted octanol–water partition coefficient (Wildman–Crippen LogP) is 1.39. The van der Waals surface area contributed by atoms with E-state index in [1.165, 1.54) is 6.20 Å². The smallest absolute Gasteiger partial charge is 0.254 e. The second-order valence-corrected chi connectivity index (χ2v) is 4.91. The second-order valence-electron chi connectivity index (χ2n) is 4.91. The van der Waals surface area contributed by atoms with E-state index in [9.17, 15) is 4.79 Å². The molecule has 0 bridgehead atoms. The summed E-state index contributed by atoms with van der Waals surface area (Å²) in [5.74, 6) is 0.303. The van der Waals surface area contributed by atoms with Crippen molar-refractivity contribution < 1.29 is 4.79 Å². The van der Waals surface area contributed by atoms with Gasteiger partial charge in [0.25, 0.3) is 5.91 Å². The average Bonchev–Trinajstić information content (AvgIpc) is 2.28. The summed E-state index contributed by atoms with van der Waals surface area (Å²) < 4.78 is 0. The number of nitrogens with zero attached hydrogens (tertiary/aromatic N) is 2. The van der Waals surface area contributed by atoms with Crippen molar-refractivity contribution in [2.75, 3.05) is 11.1 Å². The van der Waals surface area contributed by atoms with Crippen LogP contribution in [0.5, 0.6) is 0 Å². The molecule has 0 fully saturated rings. The number of carbonyl (C=O) groups is 1. The fourth-order valence-corrected chi connectivity index (χ4v) is 1.58. The number of carbonyl (C=O) groups excluding carboxylic acids is 1. The van der Waals surface area contributed by atoms with E-state index in [1.54, 1.807) is 0 Å². The monoisotopic (exact) mass is 251 g/mol. The number of anilines is 2. The van der Waals surface area contributed by atoms with E-state index >= 15 is 0 Å². The molecule has 1 heterocycles.